The molecule has 0 unspecified atom stereocenters. The van der Waals surface area contributed by atoms with Crippen LogP contribution in [-0.2, 0) is 12.1 Å². The van der Waals surface area contributed by atoms with E-state index in [9.17, 15) is 0 Å². The Balaban J connectivity index is 1.52. The number of rotatable bonds is 8. The predicted molar refractivity (Wildman–Crippen MR) is 192 cm³/mol. The van der Waals surface area contributed by atoms with Crippen LogP contribution in [0.2, 0.25) is 0 Å². The summed E-state index contributed by atoms with van der Waals surface area (Å²) in [6.45, 7) is 16.6. The van der Waals surface area contributed by atoms with Crippen molar-refractivity contribution in [3.8, 4) is 0 Å². The van der Waals surface area contributed by atoms with Crippen molar-refractivity contribution in [1.82, 2.24) is 4.90 Å². The summed E-state index contributed by atoms with van der Waals surface area (Å²) in [5, 5.41) is 10.1. The molecule has 6 heteroatoms. The van der Waals surface area contributed by atoms with Crippen LogP contribution in [0.25, 0.3) is 0 Å². The summed E-state index contributed by atoms with van der Waals surface area (Å²) in [4.78, 5) is 19.7. The van der Waals surface area contributed by atoms with E-state index in [1.165, 1.54) is 11.1 Å². The zero-order chi connectivity index (χ0) is 32.7. The van der Waals surface area contributed by atoms with Crippen LogP contribution in [0.1, 0.15) is 109 Å². The van der Waals surface area contributed by atoms with E-state index in [1.807, 2.05) is 18.2 Å². The standard InChI is InChI=1S/C40H45BrN4O/c1-25(2)30-21-32(26(3)4)37(33(22-30)27(5)6)38(46)44-20-19-40(43-42-31-18-17-28(7)35(41)23-31)34-15-11-12-16-36(34)45(39(40)44)24-29-13-9-8-10-14-29/h8-18,21-23,25-27,39H,19-20,24H2,1-7H3/t39-,40-/m0/s1. The van der Waals surface area contributed by atoms with Crippen LogP contribution in [0.3, 0.4) is 0 Å². The maximum absolute atomic E-state index is 15.2. The number of azo groups is 1. The number of benzene rings is 4. The molecule has 0 saturated carbocycles. The van der Waals surface area contributed by atoms with Crippen LogP contribution >= 0.6 is 15.9 Å². The number of anilines is 1. The summed E-state index contributed by atoms with van der Waals surface area (Å²) in [5.74, 6) is 0.895. The first kappa shape index (κ1) is 32.2. The lowest BCUT2D eigenvalue weighted by atomic mass is 9.84. The summed E-state index contributed by atoms with van der Waals surface area (Å²) >= 11 is 3.67. The minimum Gasteiger partial charge on any atom is -0.344 e. The summed E-state index contributed by atoms with van der Waals surface area (Å²) in [7, 11) is 0. The van der Waals surface area contributed by atoms with E-state index < -0.39 is 5.54 Å². The van der Waals surface area contributed by atoms with Gasteiger partial charge in [-0.3, -0.25) is 4.79 Å². The first-order valence-electron chi connectivity index (χ1n) is 16.6. The summed E-state index contributed by atoms with van der Waals surface area (Å²) < 4.78 is 1.01. The molecule has 1 saturated heterocycles. The number of amides is 1. The molecule has 4 aromatic carbocycles. The van der Waals surface area contributed by atoms with Crippen molar-refractivity contribution in [3.63, 3.8) is 0 Å². The number of nitrogens with zero attached hydrogens (tertiary/aromatic N) is 4. The Kier molecular flexibility index (Phi) is 8.95. The maximum Gasteiger partial charge on any atom is 0.256 e. The number of halogens is 1. The molecular weight excluding hydrogens is 632 g/mol. The molecule has 2 atom stereocenters. The fourth-order valence-corrected chi connectivity index (χ4v) is 7.55. The highest BCUT2D eigenvalue weighted by molar-refractivity contribution is 9.10. The van der Waals surface area contributed by atoms with Gasteiger partial charge in [0.05, 0.1) is 5.69 Å². The molecule has 0 aromatic heterocycles. The molecule has 5 nitrogen and oxygen atoms in total. The predicted octanol–water partition coefficient (Wildman–Crippen LogP) is 11.0. The minimum absolute atomic E-state index is 0.0914. The van der Waals surface area contributed by atoms with Gasteiger partial charge in [-0.05, 0) is 70.7 Å². The summed E-state index contributed by atoms with van der Waals surface area (Å²) in [6, 6.07) is 29.7. The van der Waals surface area contributed by atoms with Crippen LogP contribution in [-0.4, -0.2) is 23.5 Å². The normalized spacial score (nSPS) is 19.2. The highest BCUT2D eigenvalue weighted by atomic mass is 79.9. The highest BCUT2D eigenvalue weighted by Gasteiger charge is 2.59. The SMILES string of the molecule is Cc1ccc(N=N[C@]23CCN(C(=O)c4c(C(C)C)cc(C(C)C)cc4C(C)C)[C@H]2N(Cc2ccccc2)c2ccccc23)cc1Br. The first-order chi connectivity index (χ1) is 22.0. The first-order valence-corrected chi connectivity index (χ1v) is 17.4. The van der Waals surface area contributed by atoms with Gasteiger partial charge in [-0.2, -0.15) is 10.2 Å². The molecule has 2 aliphatic heterocycles. The third kappa shape index (κ3) is 5.70. The van der Waals surface area contributed by atoms with Gasteiger partial charge in [0.25, 0.3) is 5.91 Å². The van der Waals surface area contributed by atoms with Gasteiger partial charge in [-0.25, -0.2) is 0 Å². The molecule has 46 heavy (non-hydrogen) atoms. The molecule has 0 aliphatic carbocycles. The zero-order valence-corrected chi connectivity index (χ0v) is 29.7. The molecule has 2 aliphatic rings. The number of carbonyl (C=O) groups is 1. The van der Waals surface area contributed by atoms with E-state index >= 15 is 4.79 Å². The van der Waals surface area contributed by atoms with E-state index in [-0.39, 0.29) is 23.9 Å². The van der Waals surface area contributed by atoms with E-state index in [0.29, 0.717) is 25.4 Å². The largest absolute Gasteiger partial charge is 0.344 e. The molecule has 6 rings (SSSR count). The Hall–Kier alpha value is -3.77. The summed E-state index contributed by atoms with van der Waals surface area (Å²) in [5.41, 5.74) is 9.09. The molecule has 4 aromatic rings. The molecule has 2 heterocycles. The molecule has 0 bridgehead atoms. The van der Waals surface area contributed by atoms with Gasteiger partial charge in [0.15, 0.2) is 0 Å². The summed E-state index contributed by atoms with van der Waals surface area (Å²) in [6.07, 6.45) is 0.375. The Labute approximate surface area is 282 Å². The number of para-hydroxylation sites is 1. The van der Waals surface area contributed by atoms with E-state index in [1.54, 1.807) is 0 Å². The average Bonchev–Trinajstić information content (AvgIpc) is 3.55. The highest BCUT2D eigenvalue weighted by Crippen LogP contribution is 2.54. The molecule has 0 spiro atoms. The lowest BCUT2D eigenvalue weighted by Crippen LogP contribution is -2.51. The third-order valence-corrected chi connectivity index (χ3v) is 10.6. The second-order valence-corrected chi connectivity index (χ2v) is 14.7. The maximum atomic E-state index is 15.2. The molecule has 1 fully saturated rings. The van der Waals surface area contributed by atoms with Gasteiger partial charge >= 0.3 is 0 Å². The molecule has 238 valence electrons. The topological polar surface area (TPSA) is 48.3 Å². The minimum atomic E-state index is -0.702. The van der Waals surface area contributed by atoms with Crippen molar-refractivity contribution in [1.29, 1.82) is 0 Å². The second kappa shape index (κ2) is 12.8. The average molecular weight is 678 g/mol. The molecule has 0 N–H and O–H groups in total. The van der Waals surface area contributed by atoms with E-state index in [2.05, 4.69) is 141 Å². The fourth-order valence-electron chi connectivity index (χ4n) is 7.18. The van der Waals surface area contributed by atoms with Gasteiger partial charge < -0.3 is 9.80 Å². The van der Waals surface area contributed by atoms with Crippen molar-refractivity contribution in [2.45, 2.75) is 90.9 Å². The molecule has 1 amide bonds. The second-order valence-electron chi connectivity index (χ2n) is 13.8. The van der Waals surface area contributed by atoms with Crippen molar-refractivity contribution in [2.75, 3.05) is 11.4 Å². The number of aryl methyl sites for hydroxylation is 1. The van der Waals surface area contributed by atoms with Gasteiger partial charge in [-0.1, -0.05) is 124 Å². The number of fused-ring (bicyclic) bond motifs is 3. The Morgan fingerprint density at radius 3 is 2.15 bits per heavy atom. The zero-order valence-electron chi connectivity index (χ0n) is 28.1. The van der Waals surface area contributed by atoms with Crippen molar-refractivity contribution >= 4 is 33.2 Å². The fraction of sp³-hybridized carbons (Fsp3) is 0.375. The Bertz CT molecular complexity index is 1750. The van der Waals surface area contributed by atoms with E-state index in [0.717, 1.165) is 43.7 Å². The molecule has 0 radical (unpaired) electrons. The van der Waals surface area contributed by atoms with E-state index in [4.69, 9.17) is 10.2 Å². The van der Waals surface area contributed by atoms with Crippen LogP contribution < -0.4 is 4.90 Å². The van der Waals surface area contributed by atoms with Gasteiger partial charge in [0.1, 0.15) is 11.7 Å². The molecular formula is C40H45BrN4O. The lowest BCUT2D eigenvalue weighted by Gasteiger charge is -2.37. The van der Waals surface area contributed by atoms with Gasteiger partial charge in [0.2, 0.25) is 0 Å². The van der Waals surface area contributed by atoms with Crippen molar-refractivity contribution < 1.29 is 4.79 Å². The number of hydrogen-bond acceptors (Lipinski definition) is 4. The Morgan fingerprint density at radius 1 is 0.870 bits per heavy atom. The van der Waals surface area contributed by atoms with Gasteiger partial charge in [0, 0.05) is 40.8 Å². The van der Waals surface area contributed by atoms with Crippen molar-refractivity contribution in [3.05, 3.63) is 128 Å². The number of carbonyl (C=O) groups excluding carboxylic acids is 1. The number of likely N-dealkylation sites (tertiary alicyclic amines) is 1. The van der Waals surface area contributed by atoms with Crippen LogP contribution in [0.15, 0.2) is 99.6 Å². The van der Waals surface area contributed by atoms with Crippen molar-refractivity contribution in [2.24, 2.45) is 10.2 Å². The monoisotopic (exact) mass is 676 g/mol. The van der Waals surface area contributed by atoms with Crippen LogP contribution in [0.5, 0.6) is 0 Å². The van der Waals surface area contributed by atoms with Gasteiger partial charge in [-0.15, -0.1) is 0 Å². The third-order valence-electron chi connectivity index (χ3n) is 9.73. The van der Waals surface area contributed by atoms with Crippen LogP contribution in [0.4, 0.5) is 11.4 Å². The quantitative estimate of drug-likeness (QED) is 0.174. The number of hydrogen-bond donors (Lipinski definition) is 0. The lowest BCUT2D eigenvalue weighted by molar-refractivity contribution is 0.0706. The Morgan fingerprint density at radius 2 is 1.52 bits per heavy atom. The smallest absolute Gasteiger partial charge is 0.256 e. The van der Waals surface area contributed by atoms with Crippen LogP contribution in [0, 0.1) is 6.92 Å².